The van der Waals surface area contributed by atoms with Crippen LogP contribution in [0.4, 0.5) is 9.52 Å². The molecule has 1 unspecified atom stereocenters. The van der Waals surface area contributed by atoms with Crippen LogP contribution >= 0.6 is 23.1 Å². The summed E-state index contributed by atoms with van der Waals surface area (Å²) in [6, 6.07) is 26.8. The summed E-state index contributed by atoms with van der Waals surface area (Å²) < 4.78 is 25.2. The van der Waals surface area contributed by atoms with Crippen LogP contribution in [0.5, 0.6) is 11.5 Å². The van der Waals surface area contributed by atoms with Gasteiger partial charge in [-0.2, -0.15) is 0 Å². The number of aromatic nitrogens is 2. The predicted octanol–water partition coefficient (Wildman–Crippen LogP) is 7.49. The van der Waals surface area contributed by atoms with Gasteiger partial charge in [0.25, 0.3) is 5.78 Å². The number of thioether (sulfide) groups is 1. The molecule has 0 spiro atoms. The third-order valence-corrected chi connectivity index (χ3v) is 9.47. The van der Waals surface area contributed by atoms with Gasteiger partial charge >= 0.3 is 5.91 Å². The molecule has 11 heteroatoms. The van der Waals surface area contributed by atoms with Gasteiger partial charge in [-0.1, -0.05) is 77.2 Å². The second-order valence-corrected chi connectivity index (χ2v) is 12.7. The molecule has 1 amide bonds. The summed E-state index contributed by atoms with van der Waals surface area (Å²) in [6.07, 6.45) is 0. The van der Waals surface area contributed by atoms with Gasteiger partial charge in [0, 0.05) is 11.3 Å². The lowest BCUT2D eigenvalue weighted by atomic mass is 9.95. The highest BCUT2D eigenvalue weighted by atomic mass is 32.2. The quantitative estimate of drug-likeness (QED) is 0.0544. The summed E-state index contributed by atoms with van der Waals surface area (Å²) in [5.74, 6) is -0.706. The van der Waals surface area contributed by atoms with Crippen molar-refractivity contribution in [2.75, 3.05) is 12.0 Å². The Morgan fingerprint density at radius 3 is 2.43 bits per heavy atom. The summed E-state index contributed by atoms with van der Waals surface area (Å²) >= 11 is 2.53. The molecule has 0 saturated carbocycles. The lowest BCUT2D eigenvalue weighted by Crippen LogP contribution is -2.29. The highest BCUT2D eigenvalue weighted by Crippen LogP contribution is 2.44. The number of ether oxygens (including phenoxy) is 2. The zero-order valence-corrected chi connectivity index (χ0v) is 26.5. The third kappa shape index (κ3) is 6.65. The van der Waals surface area contributed by atoms with Gasteiger partial charge in [0.1, 0.15) is 29.7 Å². The Balaban J connectivity index is 1.31. The van der Waals surface area contributed by atoms with E-state index in [2.05, 4.69) is 10.2 Å². The van der Waals surface area contributed by atoms with Gasteiger partial charge in [0.2, 0.25) is 5.13 Å². The van der Waals surface area contributed by atoms with E-state index in [-0.39, 0.29) is 22.3 Å². The summed E-state index contributed by atoms with van der Waals surface area (Å²) in [6.45, 7) is 2.39. The van der Waals surface area contributed by atoms with Gasteiger partial charge in [0.15, 0.2) is 4.34 Å². The maximum absolute atomic E-state index is 13.6. The van der Waals surface area contributed by atoms with Crippen LogP contribution in [0.2, 0.25) is 0 Å². The van der Waals surface area contributed by atoms with Crippen LogP contribution in [0.3, 0.4) is 0 Å². The fourth-order valence-electron chi connectivity index (χ4n) is 5.07. The molecule has 6 rings (SSSR count). The zero-order chi connectivity index (χ0) is 32.2. The van der Waals surface area contributed by atoms with E-state index < -0.39 is 17.7 Å². The zero-order valence-electron chi connectivity index (χ0n) is 24.8. The summed E-state index contributed by atoms with van der Waals surface area (Å²) in [5, 5.41) is 20.2. The number of amides is 1. The van der Waals surface area contributed by atoms with E-state index in [0.29, 0.717) is 39.3 Å². The molecule has 0 aliphatic carbocycles. The number of anilines is 1. The van der Waals surface area contributed by atoms with Crippen molar-refractivity contribution in [3.8, 4) is 11.5 Å². The molecular weight excluding hydrogens is 626 g/mol. The molecule has 1 fully saturated rings. The van der Waals surface area contributed by atoms with Crippen LogP contribution in [0.25, 0.3) is 5.76 Å². The van der Waals surface area contributed by atoms with E-state index >= 15 is 0 Å². The molecule has 1 aliphatic rings. The Kier molecular flexibility index (Phi) is 9.13. The number of carbonyl (C=O) groups is 2. The number of ketones is 1. The molecule has 0 radical (unpaired) electrons. The number of methoxy groups -OCH3 is 1. The number of carbonyl (C=O) groups excluding carboxylic acids is 2. The summed E-state index contributed by atoms with van der Waals surface area (Å²) in [5.41, 5.74) is 3.88. The van der Waals surface area contributed by atoms with E-state index in [1.807, 2.05) is 31.2 Å². The minimum absolute atomic E-state index is 0.0811. The van der Waals surface area contributed by atoms with Crippen molar-refractivity contribution in [3.63, 3.8) is 0 Å². The number of halogens is 1. The van der Waals surface area contributed by atoms with Gasteiger partial charge < -0.3 is 14.6 Å². The number of aliphatic hydroxyl groups excluding tert-OH is 1. The average Bonchev–Trinajstić information content (AvgIpc) is 3.65. The average molecular weight is 654 g/mol. The molecule has 1 aromatic heterocycles. The normalized spacial score (nSPS) is 15.7. The van der Waals surface area contributed by atoms with Crippen LogP contribution in [-0.4, -0.2) is 34.1 Å². The van der Waals surface area contributed by atoms with Gasteiger partial charge in [-0.25, -0.2) is 4.39 Å². The summed E-state index contributed by atoms with van der Waals surface area (Å²) in [4.78, 5) is 28.4. The van der Waals surface area contributed by atoms with Crippen LogP contribution < -0.4 is 14.4 Å². The van der Waals surface area contributed by atoms with Crippen molar-refractivity contribution in [2.24, 2.45) is 0 Å². The van der Waals surface area contributed by atoms with E-state index in [4.69, 9.17) is 9.47 Å². The first-order valence-corrected chi connectivity index (χ1v) is 16.1. The lowest BCUT2D eigenvalue weighted by Gasteiger charge is -2.23. The molecule has 5 aromatic rings. The van der Waals surface area contributed by atoms with E-state index in [9.17, 15) is 19.1 Å². The number of aryl methyl sites for hydroxylation is 1. The topological polar surface area (TPSA) is 102 Å². The van der Waals surface area contributed by atoms with Crippen LogP contribution in [0.15, 0.2) is 107 Å². The van der Waals surface area contributed by atoms with Crippen LogP contribution in [0.1, 0.15) is 33.9 Å². The number of aliphatic hydroxyl groups is 1. The minimum Gasteiger partial charge on any atom is -0.507 e. The van der Waals surface area contributed by atoms with E-state index in [1.165, 1.54) is 35.9 Å². The Morgan fingerprint density at radius 2 is 1.70 bits per heavy atom. The smallest absolute Gasteiger partial charge is 0.301 e. The van der Waals surface area contributed by atoms with Gasteiger partial charge in [-0.3, -0.25) is 14.5 Å². The fraction of sp³-hybridized carbons (Fsp3) is 0.143. The molecule has 8 nitrogen and oxygen atoms in total. The van der Waals surface area contributed by atoms with Crippen molar-refractivity contribution in [1.29, 1.82) is 0 Å². The van der Waals surface area contributed by atoms with Gasteiger partial charge in [0.05, 0.1) is 18.7 Å². The SMILES string of the molecule is COc1cccc(C2/C(=C(\O)c3ccc(OCc4cccc(C)c4)cc3)C(=O)C(=O)N2c2nnc(SCc3ccc(F)cc3)s2)c1. The van der Waals surface area contributed by atoms with Crippen molar-refractivity contribution < 1.29 is 28.6 Å². The Morgan fingerprint density at radius 1 is 0.935 bits per heavy atom. The predicted molar refractivity (Wildman–Crippen MR) is 176 cm³/mol. The highest BCUT2D eigenvalue weighted by Gasteiger charge is 2.48. The van der Waals surface area contributed by atoms with Crippen LogP contribution in [0, 0.1) is 12.7 Å². The second kappa shape index (κ2) is 13.6. The Labute approximate surface area is 273 Å². The molecule has 1 aliphatic heterocycles. The first-order valence-electron chi connectivity index (χ1n) is 14.2. The monoisotopic (exact) mass is 653 g/mol. The molecule has 1 atom stereocenters. The molecule has 0 bridgehead atoms. The molecule has 4 aromatic carbocycles. The maximum Gasteiger partial charge on any atom is 0.301 e. The first-order chi connectivity index (χ1) is 22.3. The van der Waals surface area contributed by atoms with Gasteiger partial charge in [-0.05, 0) is 72.1 Å². The van der Waals surface area contributed by atoms with Crippen molar-refractivity contribution >= 4 is 45.7 Å². The maximum atomic E-state index is 13.6. The van der Waals surface area contributed by atoms with Crippen LogP contribution in [-0.2, 0) is 21.9 Å². The molecule has 1 saturated heterocycles. The largest absolute Gasteiger partial charge is 0.507 e. The number of benzene rings is 4. The summed E-state index contributed by atoms with van der Waals surface area (Å²) in [7, 11) is 1.52. The molecule has 232 valence electrons. The van der Waals surface area contributed by atoms with E-state index in [1.54, 1.807) is 60.7 Å². The molecule has 1 N–H and O–H groups in total. The number of hydrogen-bond donors (Lipinski definition) is 1. The van der Waals surface area contributed by atoms with E-state index in [0.717, 1.165) is 28.0 Å². The van der Waals surface area contributed by atoms with Gasteiger partial charge in [-0.15, -0.1) is 10.2 Å². The Bertz CT molecular complexity index is 1930. The number of hydrogen-bond acceptors (Lipinski definition) is 9. The first kappa shape index (κ1) is 31.0. The number of nitrogens with zero attached hydrogens (tertiary/aromatic N) is 3. The lowest BCUT2D eigenvalue weighted by molar-refractivity contribution is -0.132. The van der Waals surface area contributed by atoms with Crippen molar-refractivity contribution in [2.45, 2.75) is 29.7 Å². The Hall–Kier alpha value is -5.00. The standard InChI is InChI=1S/C35H28FN3O5S2/c1-21-5-3-6-23(17-21)19-44-27-15-11-24(12-16-27)31(40)29-30(25-7-4-8-28(18-25)43-2)39(33(42)32(29)41)34-37-38-35(46-34)45-20-22-9-13-26(36)14-10-22/h3-18,30,40H,19-20H2,1-2H3/b31-29+. The fourth-order valence-corrected chi connectivity index (χ4v) is 6.90. The number of Topliss-reactive ketones (excluding diaryl/α,β-unsaturated/α-hetero) is 1. The molecular formula is C35H28FN3O5S2. The molecule has 46 heavy (non-hydrogen) atoms. The third-order valence-electron chi connectivity index (χ3n) is 7.35. The molecule has 2 heterocycles. The second-order valence-electron chi connectivity index (χ2n) is 10.5. The minimum atomic E-state index is -0.991. The van der Waals surface area contributed by atoms with Crippen molar-refractivity contribution in [3.05, 3.63) is 136 Å². The highest BCUT2D eigenvalue weighted by molar-refractivity contribution is 8.00. The van der Waals surface area contributed by atoms with Crippen molar-refractivity contribution in [1.82, 2.24) is 10.2 Å². The number of rotatable bonds is 10.